The highest BCUT2D eigenvalue weighted by molar-refractivity contribution is 7.18. The molecule has 0 fully saturated rings. The van der Waals surface area contributed by atoms with Crippen molar-refractivity contribution in [2.75, 3.05) is 5.32 Å². The Morgan fingerprint density at radius 1 is 1.23 bits per heavy atom. The molecule has 0 aliphatic carbocycles. The first-order chi connectivity index (χ1) is 12.4. The van der Waals surface area contributed by atoms with Crippen LogP contribution in [0.25, 0.3) is 10.2 Å². The third kappa shape index (κ3) is 3.97. The number of fused-ring (bicyclic) bond motifs is 1. The summed E-state index contributed by atoms with van der Waals surface area (Å²) in [5.41, 5.74) is 1.39. The van der Waals surface area contributed by atoms with E-state index >= 15 is 0 Å². The van der Waals surface area contributed by atoms with E-state index in [0.717, 1.165) is 21.6 Å². The molecule has 0 saturated carbocycles. The molecule has 0 spiro atoms. The first-order valence-corrected chi connectivity index (χ1v) is 8.83. The van der Waals surface area contributed by atoms with E-state index in [9.17, 15) is 9.59 Å². The number of anilines is 1. The smallest absolute Gasteiger partial charge is 0.325 e. The van der Waals surface area contributed by atoms with Gasteiger partial charge in [-0.2, -0.15) is 0 Å². The summed E-state index contributed by atoms with van der Waals surface area (Å²) in [6.07, 6.45) is 1.54. The summed E-state index contributed by atoms with van der Waals surface area (Å²) in [6, 6.07) is 8.11. The maximum absolute atomic E-state index is 12.0. The van der Waals surface area contributed by atoms with Gasteiger partial charge in [0.2, 0.25) is 0 Å². The number of benzene rings is 1. The molecule has 26 heavy (non-hydrogen) atoms. The second-order valence-electron chi connectivity index (χ2n) is 5.88. The number of rotatable bonds is 6. The molecule has 8 heteroatoms. The fourth-order valence-electron chi connectivity index (χ4n) is 2.42. The fourth-order valence-corrected chi connectivity index (χ4v) is 3.27. The van der Waals surface area contributed by atoms with Gasteiger partial charge in [0.1, 0.15) is 23.0 Å². The van der Waals surface area contributed by atoms with Crippen LogP contribution in [0.1, 0.15) is 27.7 Å². The van der Waals surface area contributed by atoms with Crippen molar-refractivity contribution >= 4 is 39.2 Å². The van der Waals surface area contributed by atoms with Gasteiger partial charge >= 0.3 is 5.97 Å². The summed E-state index contributed by atoms with van der Waals surface area (Å²) in [7, 11) is 0. The molecule has 3 rings (SSSR count). The first kappa shape index (κ1) is 17.8. The molecule has 0 aliphatic heterocycles. The van der Waals surface area contributed by atoms with E-state index < -0.39 is 17.9 Å². The normalized spacial score (nSPS) is 11.9. The van der Waals surface area contributed by atoms with Crippen molar-refractivity contribution in [2.45, 2.75) is 26.4 Å². The number of thiophene rings is 1. The molecule has 0 radical (unpaired) electrons. The third-order valence-corrected chi connectivity index (χ3v) is 4.81. The summed E-state index contributed by atoms with van der Waals surface area (Å²) < 4.78 is 0. The number of carboxylic acid groups (broad SMARTS) is 1. The Bertz CT molecular complexity index is 953. The Morgan fingerprint density at radius 2 is 1.96 bits per heavy atom. The van der Waals surface area contributed by atoms with Crippen molar-refractivity contribution in [3.63, 3.8) is 0 Å². The standard InChI is InChI=1S/C18H18N4O3S/c1-10-7-14-15(20-9-21-17(14)26-10)19-8-12-3-5-13(6-4-12)16(23)22-11(2)18(24)25/h3-7,9,11H,8H2,1-2H3,(H,22,23)(H,24,25)(H,19,20,21). The van der Waals surface area contributed by atoms with Gasteiger partial charge in [-0.1, -0.05) is 12.1 Å². The summed E-state index contributed by atoms with van der Waals surface area (Å²) in [5.74, 6) is -0.707. The zero-order valence-corrected chi connectivity index (χ0v) is 15.1. The first-order valence-electron chi connectivity index (χ1n) is 8.01. The van der Waals surface area contributed by atoms with Gasteiger partial charge in [0, 0.05) is 17.0 Å². The van der Waals surface area contributed by atoms with Crippen LogP contribution in [0.3, 0.4) is 0 Å². The van der Waals surface area contributed by atoms with E-state index in [-0.39, 0.29) is 0 Å². The van der Waals surface area contributed by atoms with Crippen molar-refractivity contribution in [1.29, 1.82) is 0 Å². The zero-order chi connectivity index (χ0) is 18.7. The van der Waals surface area contributed by atoms with Gasteiger partial charge in [0.25, 0.3) is 5.91 Å². The van der Waals surface area contributed by atoms with Crippen LogP contribution in [0.5, 0.6) is 0 Å². The Morgan fingerprint density at radius 3 is 2.65 bits per heavy atom. The molecule has 0 bridgehead atoms. The van der Waals surface area contributed by atoms with Crippen molar-refractivity contribution in [3.05, 3.63) is 52.7 Å². The van der Waals surface area contributed by atoms with E-state index in [0.29, 0.717) is 12.1 Å². The molecule has 1 aromatic carbocycles. The average Bonchev–Trinajstić information content (AvgIpc) is 3.01. The van der Waals surface area contributed by atoms with Gasteiger partial charge in [0.05, 0.1) is 5.39 Å². The van der Waals surface area contributed by atoms with Crippen molar-refractivity contribution in [2.24, 2.45) is 0 Å². The SMILES string of the molecule is Cc1cc2c(NCc3ccc(C(=O)NC(C)C(=O)O)cc3)ncnc2s1. The molecule has 1 unspecified atom stereocenters. The quantitative estimate of drug-likeness (QED) is 0.616. The number of carbonyl (C=O) groups excluding carboxylic acids is 1. The maximum Gasteiger partial charge on any atom is 0.325 e. The molecular weight excluding hydrogens is 352 g/mol. The predicted octanol–water partition coefficient (Wildman–Crippen LogP) is 2.81. The molecule has 134 valence electrons. The van der Waals surface area contributed by atoms with Crippen LogP contribution in [0.4, 0.5) is 5.82 Å². The number of nitrogens with zero attached hydrogens (tertiary/aromatic N) is 2. The van der Waals surface area contributed by atoms with Crippen LogP contribution >= 0.6 is 11.3 Å². The fraction of sp³-hybridized carbons (Fsp3) is 0.222. The molecule has 1 atom stereocenters. The zero-order valence-electron chi connectivity index (χ0n) is 14.3. The molecule has 0 saturated heterocycles. The van der Waals surface area contributed by atoms with Crippen molar-refractivity contribution in [3.8, 4) is 0 Å². The van der Waals surface area contributed by atoms with Gasteiger partial charge in [-0.15, -0.1) is 11.3 Å². The minimum atomic E-state index is -1.07. The minimum absolute atomic E-state index is 0.411. The highest BCUT2D eigenvalue weighted by Gasteiger charge is 2.15. The molecule has 1 amide bonds. The van der Waals surface area contributed by atoms with E-state index in [2.05, 4.69) is 26.7 Å². The summed E-state index contributed by atoms with van der Waals surface area (Å²) in [4.78, 5) is 33.5. The second kappa shape index (κ2) is 7.49. The van der Waals surface area contributed by atoms with E-state index in [1.54, 1.807) is 23.5 Å². The van der Waals surface area contributed by atoms with Gasteiger partial charge in [0.15, 0.2) is 0 Å². The third-order valence-electron chi connectivity index (χ3n) is 3.85. The molecule has 2 heterocycles. The van der Waals surface area contributed by atoms with E-state index in [1.165, 1.54) is 18.1 Å². The Labute approximate surface area is 154 Å². The highest BCUT2D eigenvalue weighted by atomic mass is 32.1. The van der Waals surface area contributed by atoms with Crippen molar-refractivity contribution in [1.82, 2.24) is 15.3 Å². The highest BCUT2D eigenvalue weighted by Crippen LogP contribution is 2.27. The number of amides is 1. The van der Waals surface area contributed by atoms with Crippen LogP contribution in [-0.4, -0.2) is 33.0 Å². The Hall–Kier alpha value is -3.00. The molecule has 0 aliphatic rings. The number of aliphatic carboxylic acids is 1. The topological polar surface area (TPSA) is 104 Å². The number of hydrogen-bond donors (Lipinski definition) is 3. The summed E-state index contributed by atoms with van der Waals surface area (Å²) in [6.45, 7) is 4.01. The summed E-state index contributed by atoms with van der Waals surface area (Å²) >= 11 is 1.62. The molecular formula is C18H18N4O3S. The summed E-state index contributed by atoms with van der Waals surface area (Å²) in [5, 5.41) is 15.6. The van der Waals surface area contributed by atoms with Crippen LogP contribution in [-0.2, 0) is 11.3 Å². The number of nitrogens with one attached hydrogen (secondary N) is 2. The molecule has 3 N–H and O–H groups in total. The van der Waals surface area contributed by atoms with Gasteiger partial charge in [-0.25, -0.2) is 9.97 Å². The number of aryl methyl sites for hydroxylation is 1. The van der Waals surface area contributed by atoms with E-state index in [4.69, 9.17) is 5.11 Å². The monoisotopic (exact) mass is 370 g/mol. The number of hydrogen-bond acceptors (Lipinski definition) is 6. The molecule has 2 aromatic heterocycles. The van der Waals surface area contributed by atoms with Gasteiger partial charge in [-0.05, 0) is 37.6 Å². The van der Waals surface area contributed by atoms with E-state index in [1.807, 2.05) is 19.1 Å². The van der Waals surface area contributed by atoms with Crippen LogP contribution in [0.2, 0.25) is 0 Å². The maximum atomic E-state index is 12.0. The van der Waals surface area contributed by atoms with Crippen LogP contribution in [0.15, 0.2) is 36.7 Å². The number of aromatic nitrogens is 2. The second-order valence-corrected chi connectivity index (χ2v) is 7.12. The lowest BCUT2D eigenvalue weighted by atomic mass is 10.1. The minimum Gasteiger partial charge on any atom is -0.480 e. The largest absolute Gasteiger partial charge is 0.480 e. The predicted molar refractivity (Wildman–Crippen MR) is 100 cm³/mol. The Kier molecular flexibility index (Phi) is 5.13. The van der Waals surface area contributed by atoms with Crippen LogP contribution < -0.4 is 10.6 Å². The van der Waals surface area contributed by atoms with Gasteiger partial charge < -0.3 is 15.7 Å². The van der Waals surface area contributed by atoms with Crippen molar-refractivity contribution < 1.29 is 14.7 Å². The molecule has 7 nitrogen and oxygen atoms in total. The molecule has 3 aromatic rings. The number of carbonyl (C=O) groups is 2. The van der Waals surface area contributed by atoms with Crippen LogP contribution in [0, 0.1) is 6.92 Å². The lowest BCUT2D eigenvalue weighted by Crippen LogP contribution is -2.38. The van der Waals surface area contributed by atoms with Gasteiger partial charge in [-0.3, -0.25) is 9.59 Å². The average molecular weight is 370 g/mol. The lowest BCUT2D eigenvalue weighted by molar-refractivity contribution is -0.138. The number of carboxylic acids is 1. The lowest BCUT2D eigenvalue weighted by Gasteiger charge is -2.10. The Balaban J connectivity index is 1.66.